The molecule has 0 saturated carbocycles. The van der Waals surface area contributed by atoms with Gasteiger partial charge in [-0.15, -0.1) is 0 Å². The third-order valence-electron chi connectivity index (χ3n) is 1.71. The minimum Gasteiger partial charge on any atom is -0.477 e. The predicted octanol–water partition coefficient (Wildman–Crippen LogP) is 1.26. The number of nitrogens with one attached hydrogen (secondary N) is 1. The number of nitrogens with zero attached hydrogens (tertiary/aromatic N) is 1. The lowest BCUT2D eigenvalue weighted by Crippen LogP contribution is -1.96. The van der Waals surface area contributed by atoms with Crippen LogP contribution in [0.1, 0.15) is 10.5 Å². The summed E-state index contributed by atoms with van der Waals surface area (Å²) in [6.07, 6.45) is 4.82. The summed E-state index contributed by atoms with van der Waals surface area (Å²) in [4.78, 5) is 17.1. The summed E-state index contributed by atoms with van der Waals surface area (Å²) in [7, 11) is 0. The van der Waals surface area contributed by atoms with Gasteiger partial charge in [0.1, 0.15) is 5.69 Å². The number of hydrogen-bond donors (Lipinski definition) is 2. The number of aromatic amines is 1. The van der Waals surface area contributed by atoms with E-state index in [0.29, 0.717) is 5.39 Å². The molecule has 0 spiro atoms. The molecular weight excluding hydrogens is 156 g/mol. The smallest absolute Gasteiger partial charge is 0.353 e. The monoisotopic (exact) mass is 162 g/mol. The maximum absolute atomic E-state index is 10.6. The van der Waals surface area contributed by atoms with Crippen LogP contribution >= 0.6 is 0 Å². The van der Waals surface area contributed by atoms with Crippen LogP contribution in [0.4, 0.5) is 0 Å². The van der Waals surface area contributed by atoms with Crippen molar-refractivity contribution in [2.24, 2.45) is 0 Å². The van der Waals surface area contributed by atoms with Crippen molar-refractivity contribution in [1.29, 1.82) is 0 Å². The molecular formula is C8H6N2O2. The number of fused-ring (bicyclic) bond motifs is 1. The largest absolute Gasteiger partial charge is 0.477 e. The fraction of sp³-hybridized carbons (Fsp3) is 0. The second-order valence-electron chi connectivity index (χ2n) is 2.43. The Morgan fingerprint density at radius 3 is 3.17 bits per heavy atom. The van der Waals surface area contributed by atoms with Gasteiger partial charge >= 0.3 is 5.97 Å². The summed E-state index contributed by atoms with van der Waals surface area (Å²) in [5.74, 6) is -0.960. The van der Waals surface area contributed by atoms with E-state index in [1.807, 2.05) is 0 Å². The number of H-pyrrole nitrogens is 1. The number of hydrogen-bond acceptors (Lipinski definition) is 2. The van der Waals surface area contributed by atoms with Crippen molar-refractivity contribution in [2.45, 2.75) is 0 Å². The first-order valence-corrected chi connectivity index (χ1v) is 3.43. The van der Waals surface area contributed by atoms with Gasteiger partial charge in [-0.25, -0.2) is 4.79 Å². The zero-order chi connectivity index (χ0) is 8.55. The molecule has 0 atom stereocenters. The van der Waals surface area contributed by atoms with Crippen molar-refractivity contribution >= 4 is 16.7 Å². The number of rotatable bonds is 1. The van der Waals surface area contributed by atoms with Crippen LogP contribution in [0.5, 0.6) is 0 Å². The molecule has 0 amide bonds. The molecule has 0 saturated heterocycles. The van der Waals surface area contributed by atoms with Gasteiger partial charge in [-0.2, -0.15) is 0 Å². The molecule has 0 unspecified atom stereocenters. The van der Waals surface area contributed by atoms with Crippen LogP contribution in [0.25, 0.3) is 10.8 Å². The van der Waals surface area contributed by atoms with Gasteiger partial charge in [0.2, 0.25) is 0 Å². The Balaban J connectivity index is 2.79. The van der Waals surface area contributed by atoms with Gasteiger partial charge in [0.15, 0.2) is 0 Å². The highest BCUT2D eigenvalue weighted by Gasteiger charge is 2.08. The average Bonchev–Trinajstić information content (AvgIpc) is 2.47. The Morgan fingerprint density at radius 2 is 2.42 bits per heavy atom. The van der Waals surface area contributed by atoms with E-state index in [4.69, 9.17) is 5.11 Å². The van der Waals surface area contributed by atoms with Crippen LogP contribution in [0.2, 0.25) is 0 Å². The summed E-state index contributed by atoms with van der Waals surface area (Å²) < 4.78 is 0. The summed E-state index contributed by atoms with van der Waals surface area (Å²) in [5.41, 5.74) is 0.193. The first-order valence-electron chi connectivity index (χ1n) is 3.43. The summed E-state index contributed by atoms with van der Waals surface area (Å²) in [5, 5.41) is 10.2. The molecule has 2 aromatic rings. The predicted molar refractivity (Wildman–Crippen MR) is 43.1 cm³/mol. The van der Waals surface area contributed by atoms with E-state index >= 15 is 0 Å². The zero-order valence-electron chi connectivity index (χ0n) is 6.11. The quantitative estimate of drug-likeness (QED) is 0.663. The minimum atomic E-state index is -0.960. The van der Waals surface area contributed by atoms with E-state index in [9.17, 15) is 4.79 Å². The normalized spacial score (nSPS) is 10.3. The molecule has 0 fully saturated rings. The van der Waals surface area contributed by atoms with Gasteiger partial charge in [0, 0.05) is 29.4 Å². The van der Waals surface area contributed by atoms with Crippen molar-refractivity contribution in [2.75, 3.05) is 0 Å². The van der Waals surface area contributed by atoms with Crippen molar-refractivity contribution in [3.63, 3.8) is 0 Å². The van der Waals surface area contributed by atoms with Crippen molar-refractivity contribution in [1.82, 2.24) is 9.97 Å². The van der Waals surface area contributed by atoms with Crippen LogP contribution < -0.4 is 0 Å². The fourth-order valence-corrected chi connectivity index (χ4v) is 1.14. The number of pyridine rings is 1. The molecule has 2 heterocycles. The van der Waals surface area contributed by atoms with Gasteiger partial charge in [-0.1, -0.05) is 0 Å². The number of carboxylic acids is 1. The minimum absolute atomic E-state index is 0.193. The van der Waals surface area contributed by atoms with Crippen molar-refractivity contribution in [3.05, 3.63) is 30.4 Å². The lowest BCUT2D eigenvalue weighted by Gasteiger charge is -1.89. The molecule has 12 heavy (non-hydrogen) atoms. The Morgan fingerprint density at radius 1 is 1.58 bits per heavy atom. The Hall–Kier alpha value is -1.84. The topological polar surface area (TPSA) is 66.0 Å². The van der Waals surface area contributed by atoms with Gasteiger partial charge in [0.25, 0.3) is 0 Å². The summed E-state index contributed by atoms with van der Waals surface area (Å²) in [6.45, 7) is 0. The highest BCUT2D eigenvalue weighted by atomic mass is 16.4. The number of carboxylic acid groups (broad SMARTS) is 1. The summed E-state index contributed by atoms with van der Waals surface area (Å²) >= 11 is 0. The molecule has 0 aliphatic rings. The summed E-state index contributed by atoms with van der Waals surface area (Å²) in [6, 6.07) is 1.76. The second kappa shape index (κ2) is 2.34. The van der Waals surface area contributed by atoms with Gasteiger partial charge < -0.3 is 10.1 Å². The van der Waals surface area contributed by atoms with Crippen LogP contribution in [0.3, 0.4) is 0 Å². The Bertz CT molecular complexity index is 433. The van der Waals surface area contributed by atoms with Crippen LogP contribution in [-0.2, 0) is 0 Å². The van der Waals surface area contributed by atoms with Crippen LogP contribution in [0.15, 0.2) is 24.7 Å². The maximum atomic E-state index is 10.6. The molecule has 2 N–H and O–H groups in total. The van der Waals surface area contributed by atoms with E-state index in [-0.39, 0.29) is 5.69 Å². The highest BCUT2D eigenvalue weighted by Crippen LogP contribution is 2.15. The molecule has 0 radical (unpaired) electrons. The van der Waals surface area contributed by atoms with Crippen LogP contribution in [0, 0.1) is 0 Å². The Labute approximate surface area is 67.9 Å². The number of aromatic carboxylic acids is 1. The fourth-order valence-electron chi connectivity index (χ4n) is 1.14. The van der Waals surface area contributed by atoms with E-state index in [1.165, 1.54) is 6.20 Å². The first kappa shape index (κ1) is 6.84. The molecule has 60 valence electrons. The molecule has 4 heteroatoms. The van der Waals surface area contributed by atoms with Gasteiger partial charge in [0.05, 0.1) is 0 Å². The van der Waals surface area contributed by atoms with E-state index in [2.05, 4.69) is 9.97 Å². The average molecular weight is 162 g/mol. The molecule has 2 rings (SSSR count). The third kappa shape index (κ3) is 0.852. The zero-order valence-corrected chi connectivity index (χ0v) is 6.11. The Kier molecular flexibility index (Phi) is 1.33. The lowest BCUT2D eigenvalue weighted by atomic mass is 10.2. The number of aromatic nitrogens is 2. The third-order valence-corrected chi connectivity index (χ3v) is 1.71. The molecule has 0 aromatic carbocycles. The standard InChI is InChI=1S/C8H6N2O2/c11-8(12)7-6-4-9-2-1-5(6)3-10-7/h1-4,10H,(H,11,12). The molecule has 2 aromatic heterocycles. The van der Waals surface area contributed by atoms with Crippen molar-refractivity contribution in [3.8, 4) is 0 Å². The van der Waals surface area contributed by atoms with Gasteiger partial charge in [-0.05, 0) is 6.07 Å². The first-order chi connectivity index (χ1) is 5.79. The second-order valence-corrected chi connectivity index (χ2v) is 2.43. The number of carbonyl (C=O) groups is 1. The lowest BCUT2D eigenvalue weighted by molar-refractivity contribution is 0.0693. The van der Waals surface area contributed by atoms with E-state index < -0.39 is 5.97 Å². The maximum Gasteiger partial charge on any atom is 0.353 e. The molecule has 0 bridgehead atoms. The molecule has 0 aliphatic heterocycles. The van der Waals surface area contributed by atoms with E-state index in [0.717, 1.165) is 5.39 Å². The molecule has 0 aliphatic carbocycles. The SMILES string of the molecule is O=C(O)c1[nH]cc2ccncc12. The van der Waals surface area contributed by atoms with Gasteiger partial charge in [-0.3, -0.25) is 4.98 Å². The van der Waals surface area contributed by atoms with E-state index in [1.54, 1.807) is 18.5 Å². The highest BCUT2D eigenvalue weighted by molar-refractivity contribution is 6.02. The van der Waals surface area contributed by atoms with Crippen molar-refractivity contribution < 1.29 is 9.90 Å². The van der Waals surface area contributed by atoms with Crippen LogP contribution in [-0.4, -0.2) is 21.0 Å². The molecule has 4 nitrogen and oxygen atoms in total.